The van der Waals surface area contributed by atoms with E-state index in [1.54, 1.807) is 0 Å². The van der Waals surface area contributed by atoms with Gasteiger partial charge in [0.25, 0.3) is 0 Å². The Hall–Kier alpha value is -3.70. The number of halogens is 1. The highest BCUT2D eigenvalue weighted by atomic mass is 79.9. The molecule has 0 bridgehead atoms. The Balaban J connectivity index is 1.27. The SMILES string of the molecule is BrB1C(Cc2ccc(-c3ccccc3)cn2)c2ccccc2N1c1ccc(-c2ccccc2)cn1. The maximum Gasteiger partial charge on any atom is 0.346 e. The minimum absolute atomic E-state index is 0.0885. The van der Waals surface area contributed by atoms with E-state index < -0.39 is 0 Å². The van der Waals surface area contributed by atoms with Gasteiger partial charge in [-0.15, -0.1) is 15.8 Å². The number of para-hydroxylation sites is 1. The summed E-state index contributed by atoms with van der Waals surface area (Å²) in [5.41, 5.74) is 8.30. The molecule has 5 heteroatoms. The predicted molar refractivity (Wildman–Crippen MR) is 149 cm³/mol. The van der Waals surface area contributed by atoms with Crippen molar-refractivity contribution in [3.05, 3.63) is 133 Å². The minimum Gasteiger partial charge on any atom is -0.359 e. The van der Waals surface area contributed by atoms with E-state index in [1.807, 2.05) is 24.5 Å². The second kappa shape index (κ2) is 9.51. The third-order valence-corrected chi connectivity index (χ3v) is 7.68. The summed E-state index contributed by atoms with van der Waals surface area (Å²) in [6, 6.07) is 38.0. The maximum absolute atomic E-state index is 4.85. The summed E-state index contributed by atoms with van der Waals surface area (Å²) in [6.07, 6.45) is 4.79. The van der Waals surface area contributed by atoms with Gasteiger partial charge >= 0.3 is 5.67 Å². The lowest BCUT2D eigenvalue weighted by atomic mass is 9.71. The Morgan fingerprint density at radius 3 is 1.83 bits per heavy atom. The average Bonchev–Trinajstić information content (AvgIpc) is 3.21. The summed E-state index contributed by atoms with van der Waals surface area (Å²) in [4.78, 5) is 12.0. The highest BCUT2D eigenvalue weighted by Gasteiger charge is 2.41. The zero-order valence-corrected chi connectivity index (χ0v) is 20.7. The first-order valence-electron chi connectivity index (χ1n) is 11.8. The molecular weight excluding hydrogens is 493 g/mol. The number of aromatic nitrogens is 2. The van der Waals surface area contributed by atoms with Gasteiger partial charge in [-0.25, -0.2) is 4.98 Å². The quantitative estimate of drug-likeness (QED) is 0.224. The van der Waals surface area contributed by atoms with Crippen molar-refractivity contribution in [2.45, 2.75) is 12.2 Å². The predicted octanol–water partition coefficient (Wildman–Crippen LogP) is 7.71. The molecule has 0 spiro atoms. The molecular formula is C30H23BBrN3. The molecule has 0 saturated heterocycles. The van der Waals surface area contributed by atoms with E-state index in [0.717, 1.165) is 29.1 Å². The number of benzene rings is 3. The van der Waals surface area contributed by atoms with Crippen LogP contribution in [-0.2, 0) is 6.42 Å². The van der Waals surface area contributed by atoms with E-state index in [2.05, 4.69) is 118 Å². The van der Waals surface area contributed by atoms with Gasteiger partial charge in [-0.05, 0) is 47.4 Å². The van der Waals surface area contributed by atoms with Crippen molar-refractivity contribution < 1.29 is 0 Å². The summed E-state index contributed by atoms with van der Waals surface area (Å²) in [6.45, 7) is 0. The summed E-state index contributed by atoms with van der Waals surface area (Å²) in [7, 11) is 0. The van der Waals surface area contributed by atoms with E-state index in [9.17, 15) is 0 Å². The number of hydrogen-bond donors (Lipinski definition) is 0. The smallest absolute Gasteiger partial charge is 0.346 e. The third kappa shape index (κ3) is 4.28. The second-order valence-electron chi connectivity index (χ2n) is 8.79. The number of hydrogen-bond acceptors (Lipinski definition) is 3. The molecule has 35 heavy (non-hydrogen) atoms. The van der Waals surface area contributed by atoms with Gasteiger partial charge in [-0.1, -0.05) is 84.9 Å². The summed E-state index contributed by atoms with van der Waals surface area (Å²) >= 11 is 4.02. The van der Waals surface area contributed by atoms with Crippen molar-refractivity contribution in [1.29, 1.82) is 0 Å². The van der Waals surface area contributed by atoms with E-state index in [4.69, 9.17) is 9.97 Å². The first-order valence-corrected chi connectivity index (χ1v) is 12.7. The standard InChI is InChI=1S/C30H23BBrN3/c32-31-28(19-26-17-15-24(20-33-26)22-9-3-1-4-10-22)27-13-7-8-14-29(27)35(31)30-18-16-25(21-34-30)23-11-5-2-6-12-23/h1-18,20-21,28H,19H2. The minimum atomic E-state index is 0.0885. The lowest BCUT2D eigenvalue weighted by Gasteiger charge is -2.23. The van der Waals surface area contributed by atoms with Crippen molar-refractivity contribution in [3.8, 4) is 22.3 Å². The molecule has 6 rings (SSSR count). The molecule has 3 heterocycles. The van der Waals surface area contributed by atoms with Crippen LogP contribution < -0.4 is 4.81 Å². The van der Waals surface area contributed by atoms with Gasteiger partial charge in [0.1, 0.15) is 5.82 Å². The van der Waals surface area contributed by atoms with Crippen LogP contribution in [0.3, 0.4) is 0 Å². The molecule has 3 aromatic carbocycles. The fraction of sp³-hybridized carbons (Fsp3) is 0.0667. The monoisotopic (exact) mass is 515 g/mol. The fourth-order valence-electron chi connectivity index (χ4n) is 4.84. The van der Waals surface area contributed by atoms with Gasteiger partial charge in [0.2, 0.25) is 0 Å². The van der Waals surface area contributed by atoms with Crippen LogP contribution in [0.4, 0.5) is 11.5 Å². The van der Waals surface area contributed by atoms with Gasteiger partial charge in [0, 0.05) is 40.7 Å². The summed E-state index contributed by atoms with van der Waals surface area (Å²) in [5, 5.41) is 0. The average molecular weight is 516 g/mol. The molecule has 0 N–H and O–H groups in total. The first kappa shape index (κ1) is 21.8. The molecule has 5 aromatic rings. The molecule has 168 valence electrons. The van der Waals surface area contributed by atoms with E-state index in [-0.39, 0.29) is 11.5 Å². The maximum atomic E-state index is 4.85. The Morgan fingerprint density at radius 2 is 1.23 bits per heavy atom. The first-order chi connectivity index (χ1) is 17.3. The van der Waals surface area contributed by atoms with Gasteiger partial charge in [0.05, 0.1) is 0 Å². The number of pyridine rings is 2. The largest absolute Gasteiger partial charge is 0.359 e. The zero-order chi connectivity index (χ0) is 23.6. The van der Waals surface area contributed by atoms with E-state index in [0.29, 0.717) is 0 Å². The van der Waals surface area contributed by atoms with Crippen molar-refractivity contribution >= 4 is 32.9 Å². The fourth-order valence-corrected chi connectivity index (χ4v) is 5.74. The molecule has 3 nitrogen and oxygen atoms in total. The Kier molecular flexibility index (Phi) is 5.93. The van der Waals surface area contributed by atoms with E-state index >= 15 is 0 Å². The lowest BCUT2D eigenvalue weighted by molar-refractivity contribution is 0.883. The number of fused-ring (bicyclic) bond motifs is 1. The van der Waals surface area contributed by atoms with Gasteiger partial charge in [-0.2, -0.15) is 0 Å². The van der Waals surface area contributed by atoms with Crippen molar-refractivity contribution in [1.82, 2.24) is 9.97 Å². The Bertz CT molecular complexity index is 1420. The van der Waals surface area contributed by atoms with Crippen molar-refractivity contribution in [2.75, 3.05) is 4.81 Å². The topological polar surface area (TPSA) is 29.0 Å². The number of nitrogens with zero attached hydrogens (tertiary/aromatic N) is 3. The van der Waals surface area contributed by atoms with Crippen LogP contribution in [-0.4, -0.2) is 15.6 Å². The lowest BCUT2D eigenvalue weighted by Crippen LogP contribution is -2.31. The number of anilines is 2. The molecule has 0 amide bonds. The normalized spacial score (nSPS) is 14.7. The van der Waals surface area contributed by atoms with Crippen LogP contribution in [0.25, 0.3) is 22.3 Å². The molecule has 1 atom stereocenters. The zero-order valence-electron chi connectivity index (χ0n) is 19.1. The van der Waals surface area contributed by atoms with Gasteiger partial charge in [0.15, 0.2) is 0 Å². The summed E-state index contributed by atoms with van der Waals surface area (Å²) < 4.78 is 0. The molecule has 1 aliphatic heterocycles. The van der Waals surface area contributed by atoms with Crippen molar-refractivity contribution in [3.63, 3.8) is 0 Å². The van der Waals surface area contributed by atoms with Crippen LogP contribution in [0.5, 0.6) is 0 Å². The van der Waals surface area contributed by atoms with E-state index in [1.165, 1.54) is 22.4 Å². The number of rotatable bonds is 5. The molecule has 2 aromatic heterocycles. The highest BCUT2D eigenvalue weighted by molar-refractivity contribution is 9.24. The highest BCUT2D eigenvalue weighted by Crippen LogP contribution is 2.46. The van der Waals surface area contributed by atoms with Crippen molar-refractivity contribution in [2.24, 2.45) is 0 Å². The molecule has 0 fully saturated rings. The Morgan fingerprint density at radius 1 is 0.629 bits per heavy atom. The third-order valence-electron chi connectivity index (χ3n) is 6.64. The van der Waals surface area contributed by atoms with Crippen LogP contribution >= 0.6 is 15.8 Å². The summed E-state index contributed by atoms with van der Waals surface area (Å²) in [5.74, 6) is 1.20. The molecule has 1 unspecified atom stereocenters. The van der Waals surface area contributed by atoms with Crippen LogP contribution in [0, 0.1) is 0 Å². The van der Waals surface area contributed by atoms with Crippen LogP contribution in [0.2, 0.25) is 0 Å². The van der Waals surface area contributed by atoms with Crippen LogP contribution in [0.1, 0.15) is 17.1 Å². The molecule has 1 aliphatic rings. The molecule has 0 saturated carbocycles. The Labute approximate surface area is 214 Å². The van der Waals surface area contributed by atoms with Gasteiger partial charge in [-0.3, -0.25) is 4.98 Å². The molecule has 0 radical (unpaired) electrons. The second-order valence-corrected chi connectivity index (χ2v) is 9.73. The molecule has 0 aliphatic carbocycles. The van der Waals surface area contributed by atoms with Crippen LogP contribution in [0.15, 0.2) is 122 Å². The van der Waals surface area contributed by atoms with Gasteiger partial charge < -0.3 is 4.81 Å².